The first-order chi connectivity index (χ1) is 13.7. The van der Waals surface area contributed by atoms with E-state index in [1.54, 1.807) is 0 Å². The lowest BCUT2D eigenvalue weighted by Gasteiger charge is -2.28. The average molecular weight is 422 g/mol. The number of hydrogen-bond acceptors (Lipinski definition) is 0. The lowest BCUT2D eigenvalue weighted by atomic mass is 10.2. The molecule has 0 spiro atoms. The fourth-order valence-electron chi connectivity index (χ4n) is 3.69. The molecule has 4 rings (SSSR count). The molecule has 0 fully saturated rings. The highest BCUT2D eigenvalue weighted by Crippen LogP contribution is 2.59. The van der Waals surface area contributed by atoms with Crippen LogP contribution >= 0.6 is 30.5 Å². The standard InChI is InChI=1S/C25H20Cl2P/c26-24-17-10-18-25(27)23(24)19-28(20-11-4-1-5-12-20,21-13-6-2-7-14-21)22-15-8-3-9-16-22/h1-18H,19H2/q+1. The summed E-state index contributed by atoms with van der Waals surface area (Å²) in [6.07, 6.45) is 0.781. The third-order valence-electron chi connectivity index (χ3n) is 5.05. The second-order valence-electron chi connectivity index (χ2n) is 6.67. The Bertz CT molecular complexity index is 931. The zero-order chi connectivity index (χ0) is 19.4. The smallest absolute Gasteiger partial charge is 0.0838 e. The summed E-state index contributed by atoms with van der Waals surface area (Å²) in [6.45, 7) is 0. The molecule has 0 unspecified atom stereocenters. The number of benzene rings is 4. The Morgan fingerprint density at radius 3 is 1.18 bits per heavy atom. The van der Waals surface area contributed by atoms with Crippen LogP contribution < -0.4 is 15.9 Å². The molecular formula is C25H20Cl2P+. The van der Waals surface area contributed by atoms with Gasteiger partial charge in [-0.05, 0) is 48.5 Å². The van der Waals surface area contributed by atoms with Crippen LogP contribution in [0.25, 0.3) is 0 Å². The van der Waals surface area contributed by atoms with E-state index in [4.69, 9.17) is 23.2 Å². The molecule has 0 bridgehead atoms. The Balaban J connectivity index is 2.04. The molecule has 0 amide bonds. The Morgan fingerprint density at radius 1 is 0.464 bits per heavy atom. The Hall–Kier alpha value is -2.11. The molecule has 4 aromatic carbocycles. The maximum absolute atomic E-state index is 6.63. The number of rotatable bonds is 5. The maximum atomic E-state index is 6.63. The van der Waals surface area contributed by atoms with Crippen molar-refractivity contribution in [3.8, 4) is 0 Å². The molecule has 0 saturated carbocycles. The highest BCUT2D eigenvalue weighted by Gasteiger charge is 2.46. The van der Waals surface area contributed by atoms with Crippen LogP contribution in [0.3, 0.4) is 0 Å². The SMILES string of the molecule is Clc1cccc(Cl)c1C[P+](c1ccccc1)(c1ccccc1)c1ccccc1. The monoisotopic (exact) mass is 421 g/mol. The molecule has 4 aromatic rings. The van der Waals surface area contributed by atoms with Gasteiger partial charge in [0.25, 0.3) is 0 Å². The summed E-state index contributed by atoms with van der Waals surface area (Å²) in [7, 11) is -2.00. The molecule has 0 N–H and O–H groups in total. The molecule has 0 aromatic heterocycles. The van der Waals surface area contributed by atoms with Gasteiger partial charge >= 0.3 is 0 Å². The summed E-state index contributed by atoms with van der Waals surface area (Å²) in [5, 5.41) is 5.41. The largest absolute Gasteiger partial charge is 0.116 e. The molecule has 0 heterocycles. The second-order valence-corrected chi connectivity index (χ2v) is 11.0. The molecule has 0 saturated heterocycles. The summed E-state index contributed by atoms with van der Waals surface area (Å²) in [5.74, 6) is 0. The Morgan fingerprint density at radius 2 is 0.821 bits per heavy atom. The van der Waals surface area contributed by atoms with Crippen molar-refractivity contribution in [3.05, 3.63) is 125 Å². The van der Waals surface area contributed by atoms with Crippen LogP contribution in [0.5, 0.6) is 0 Å². The van der Waals surface area contributed by atoms with Gasteiger partial charge in [-0.3, -0.25) is 0 Å². The van der Waals surface area contributed by atoms with Crippen LogP contribution in [0.1, 0.15) is 5.56 Å². The first-order valence-corrected chi connectivity index (χ1v) is 11.9. The van der Waals surface area contributed by atoms with Crippen molar-refractivity contribution < 1.29 is 0 Å². The van der Waals surface area contributed by atoms with E-state index >= 15 is 0 Å². The van der Waals surface area contributed by atoms with Crippen molar-refractivity contribution in [3.63, 3.8) is 0 Å². The quantitative estimate of drug-likeness (QED) is 0.323. The zero-order valence-corrected chi connectivity index (χ0v) is 17.7. The number of halogens is 2. The van der Waals surface area contributed by atoms with Crippen molar-refractivity contribution >= 4 is 46.4 Å². The van der Waals surface area contributed by atoms with E-state index in [0.29, 0.717) is 0 Å². The Labute approximate surface area is 177 Å². The van der Waals surface area contributed by atoms with Crippen LogP contribution in [0, 0.1) is 0 Å². The van der Waals surface area contributed by atoms with Gasteiger partial charge in [-0.15, -0.1) is 0 Å². The summed E-state index contributed by atoms with van der Waals surface area (Å²) >= 11 is 13.3. The van der Waals surface area contributed by atoms with E-state index in [-0.39, 0.29) is 0 Å². The Kier molecular flexibility index (Phi) is 5.83. The molecule has 0 nitrogen and oxygen atoms in total. The minimum atomic E-state index is -2.00. The van der Waals surface area contributed by atoms with Crippen molar-refractivity contribution in [2.75, 3.05) is 0 Å². The zero-order valence-electron chi connectivity index (χ0n) is 15.3. The van der Waals surface area contributed by atoms with E-state index in [9.17, 15) is 0 Å². The van der Waals surface area contributed by atoms with Crippen LogP contribution in [0.2, 0.25) is 10.0 Å². The van der Waals surface area contributed by atoms with E-state index in [2.05, 4.69) is 91.0 Å². The highest BCUT2D eigenvalue weighted by molar-refractivity contribution is 7.95. The average Bonchev–Trinajstić information content (AvgIpc) is 2.76. The van der Waals surface area contributed by atoms with Gasteiger partial charge in [0.05, 0.1) is 0 Å². The predicted molar refractivity (Wildman–Crippen MR) is 125 cm³/mol. The van der Waals surface area contributed by atoms with Gasteiger partial charge in [0, 0.05) is 15.6 Å². The van der Waals surface area contributed by atoms with Gasteiger partial charge in [-0.1, -0.05) is 83.9 Å². The number of hydrogen-bond donors (Lipinski definition) is 0. The van der Waals surface area contributed by atoms with Crippen molar-refractivity contribution in [1.82, 2.24) is 0 Å². The van der Waals surface area contributed by atoms with Crippen molar-refractivity contribution in [2.45, 2.75) is 6.16 Å². The maximum Gasteiger partial charge on any atom is 0.116 e. The van der Waals surface area contributed by atoms with Crippen LogP contribution in [-0.4, -0.2) is 0 Å². The molecule has 0 aliphatic rings. The van der Waals surface area contributed by atoms with Gasteiger partial charge in [0.1, 0.15) is 29.3 Å². The summed E-state index contributed by atoms with van der Waals surface area (Å²) in [6, 6.07) is 38.1. The van der Waals surface area contributed by atoms with E-state index in [0.717, 1.165) is 21.8 Å². The van der Waals surface area contributed by atoms with E-state index in [1.807, 2.05) is 18.2 Å². The molecular weight excluding hydrogens is 402 g/mol. The molecule has 0 atom stereocenters. The molecule has 138 valence electrons. The van der Waals surface area contributed by atoms with Gasteiger partial charge in [-0.2, -0.15) is 0 Å². The molecule has 0 radical (unpaired) electrons. The first kappa shape index (κ1) is 19.2. The second kappa shape index (κ2) is 8.50. The minimum absolute atomic E-state index is 0.722. The third kappa shape index (κ3) is 3.61. The summed E-state index contributed by atoms with van der Waals surface area (Å²) in [5.41, 5.74) is 1.01. The van der Waals surface area contributed by atoms with Crippen LogP contribution in [0.15, 0.2) is 109 Å². The van der Waals surface area contributed by atoms with Gasteiger partial charge < -0.3 is 0 Å². The van der Waals surface area contributed by atoms with Crippen LogP contribution in [-0.2, 0) is 6.16 Å². The highest BCUT2D eigenvalue weighted by atomic mass is 35.5. The molecule has 3 heteroatoms. The predicted octanol–water partition coefficient (Wildman–Crippen LogP) is 6.49. The van der Waals surface area contributed by atoms with Crippen molar-refractivity contribution in [2.24, 2.45) is 0 Å². The molecule has 0 aliphatic carbocycles. The van der Waals surface area contributed by atoms with Gasteiger partial charge in [0.15, 0.2) is 0 Å². The fourth-order valence-corrected chi connectivity index (χ4v) is 8.71. The van der Waals surface area contributed by atoms with E-state index < -0.39 is 7.26 Å². The molecule has 0 aliphatic heterocycles. The van der Waals surface area contributed by atoms with Crippen LogP contribution in [0.4, 0.5) is 0 Å². The third-order valence-corrected chi connectivity index (χ3v) is 10.1. The summed E-state index contributed by atoms with van der Waals surface area (Å²) in [4.78, 5) is 0. The topological polar surface area (TPSA) is 0 Å². The normalized spacial score (nSPS) is 11.4. The first-order valence-electron chi connectivity index (χ1n) is 9.19. The van der Waals surface area contributed by atoms with E-state index in [1.165, 1.54) is 15.9 Å². The van der Waals surface area contributed by atoms with Gasteiger partial charge in [-0.25, -0.2) is 0 Å². The lowest BCUT2D eigenvalue weighted by molar-refractivity contribution is 1.39. The summed E-state index contributed by atoms with van der Waals surface area (Å²) < 4.78 is 0. The minimum Gasteiger partial charge on any atom is -0.0838 e. The molecule has 28 heavy (non-hydrogen) atoms. The lowest BCUT2D eigenvalue weighted by Crippen LogP contribution is -2.32. The van der Waals surface area contributed by atoms with Gasteiger partial charge in [0.2, 0.25) is 0 Å². The van der Waals surface area contributed by atoms with Crippen molar-refractivity contribution in [1.29, 1.82) is 0 Å². The fraction of sp³-hybridized carbons (Fsp3) is 0.0400.